The highest BCUT2D eigenvalue weighted by Crippen LogP contribution is 2.37. The second-order valence-corrected chi connectivity index (χ2v) is 8.81. The van der Waals surface area contributed by atoms with E-state index in [4.69, 9.17) is 11.6 Å². The van der Waals surface area contributed by atoms with Crippen molar-refractivity contribution in [3.05, 3.63) is 76.8 Å². The molecule has 3 amide bonds. The average Bonchev–Trinajstić information content (AvgIpc) is 3.11. The molecule has 3 aromatic carbocycles. The van der Waals surface area contributed by atoms with E-state index in [1.807, 2.05) is 62.4 Å². The number of nitrogens with one attached hydrogen (secondary N) is 1. The van der Waals surface area contributed by atoms with Gasteiger partial charge in [-0.2, -0.15) is 0 Å². The van der Waals surface area contributed by atoms with E-state index in [-0.39, 0.29) is 30.8 Å². The maximum Gasteiger partial charge on any atom is 0.259 e. The molecule has 6 nitrogen and oxygen atoms in total. The third kappa shape index (κ3) is 4.50. The van der Waals surface area contributed by atoms with Gasteiger partial charge in [-0.15, -0.1) is 0 Å². The summed E-state index contributed by atoms with van der Waals surface area (Å²) in [5.74, 6) is -0.721. The Balaban J connectivity index is 1.65. The van der Waals surface area contributed by atoms with Crippen LogP contribution in [-0.2, 0) is 16.1 Å². The predicted octanol–water partition coefficient (Wildman–Crippen LogP) is 4.79. The van der Waals surface area contributed by atoms with Crippen LogP contribution in [0.25, 0.3) is 10.8 Å². The van der Waals surface area contributed by atoms with E-state index in [9.17, 15) is 14.4 Å². The number of carbonyl (C=O) groups excluding carboxylic acids is 3. The van der Waals surface area contributed by atoms with Gasteiger partial charge in [-0.3, -0.25) is 19.3 Å². The van der Waals surface area contributed by atoms with Gasteiger partial charge in [-0.05, 0) is 42.0 Å². The zero-order valence-electron chi connectivity index (χ0n) is 19.4. The lowest BCUT2D eigenvalue weighted by atomic mass is 10.1. The number of carbonyl (C=O) groups is 3. The molecule has 1 aliphatic heterocycles. The van der Waals surface area contributed by atoms with Crippen LogP contribution in [0.4, 0.5) is 5.69 Å². The summed E-state index contributed by atoms with van der Waals surface area (Å²) in [5.41, 5.74) is 2.05. The van der Waals surface area contributed by atoms with E-state index in [2.05, 4.69) is 5.32 Å². The molecule has 0 saturated heterocycles. The smallest absolute Gasteiger partial charge is 0.259 e. The first-order chi connectivity index (χ1) is 16.5. The van der Waals surface area contributed by atoms with Gasteiger partial charge in [0.15, 0.2) is 0 Å². The predicted molar refractivity (Wildman–Crippen MR) is 135 cm³/mol. The van der Waals surface area contributed by atoms with Gasteiger partial charge in [-0.1, -0.05) is 67.9 Å². The highest BCUT2D eigenvalue weighted by atomic mass is 35.5. The standard InChI is InChI=1S/C27H28ClN3O3/c1-3-15-29-26(33)22(4-2)30(16-19-9-5-6-13-21(19)28)24(32)17-31-23-14-8-11-18-10-7-12-20(25(18)23)27(31)34/h5-14,22H,3-4,15-17H2,1-2H3,(H,29,33)/t22-/m0/s1. The minimum atomic E-state index is -0.675. The summed E-state index contributed by atoms with van der Waals surface area (Å²) in [6, 6.07) is 17.9. The quantitative estimate of drug-likeness (QED) is 0.482. The number of nitrogens with zero attached hydrogens (tertiary/aromatic N) is 2. The molecule has 1 atom stereocenters. The molecule has 0 spiro atoms. The lowest BCUT2D eigenvalue weighted by molar-refractivity contribution is -0.140. The fourth-order valence-electron chi connectivity index (χ4n) is 4.46. The topological polar surface area (TPSA) is 69.7 Å². The van der Waals surface area contributed by atoms with Crippen LogP contribution in [0.3, 0.4) is 0 Å². The molecular formula is C27H28ClN3O3. The summed E-state index contributed by atoms with van der Waals surface area (Å²) in [6.45, 7) is 4.40. The van der Waals surface area contributed by atoms with Crippen LogP contribution < -0.4 is 10.2 Å². The van der Waals surface area contributed by atoms with Gasteiger partial charge in [0, 0.05) is 29.1 Å². The van der Waals surface area contributed by atoms with Gasteiger partial charge in [0.05, 0.1) is 5.69 Å². The lowest BCUT2D eigenvalue weighted by Crippen LogP contribution is -2.52. The Morgan fingerprint density at radius 3 is 2.47 bits per heavy atom. The molecule has 0 saturated carbocycles. The molecule has 0 unspecified atom stereocenters. The van der Waals surface area contributed by atoms with Crippen molar-refractivity contribution in [3.63, 3.8) is 0 Å². The van der Waals surface area contributed by atoms with E-state index in [0.717, 1.165) is 22.8 Å². The normalized spacial score (nSPS) is 13.3. The Bertz CT molecular complexity index is 1240. The molecule has 0 bridgehead atoms. The molecule has 4 rings (SSSR count). The third-order valence-corrected chi connectivity index (χ3v) is 6.54. The van der Waals surface area contributed by atoms with Crippen molar-refractivity contribution in [2.45, 2.75) is 39.3 Å². The number of hydrogen-bond donors (Lipinski definition) is 1. The van der Waals surface area contributed by atoms with Crippen molar-refractivity contribution in [3.8, 4) is 0 Å². The molecule has 1 N–H and O–H groups in total. The number of anilines is 1. The molecule has 0 radical (unpaired) electrons. The van der Waals surface area contributed by atoms with Crippen molar-refractivity contribution < 1.29 is 14.4 Å². The fraction of sp³-hybridized carbons (Fsp3) is 0.296. The van der Waals surface area contributed by atoms with Gasteiger partial charge >= 0.3 is 0 Å². The van der Waals surface area contributed by atoms with E-state index >= 15 is 0 Å². The monoisotopic (exact) mass is 477 g/mol. The molecule has 0 aliphatic carbocycles. The summed E-state index contributed by atoms with van der Waals surface area (Å²) >= 11 is 6.39. The minimum Gasteiger partial charge on any atom is -0.354 e. The van der Waals surface area contributed by atoms with Gasteiger partial charge in [-0.25, -0.2) is 0 Å². The van der Waals surface area contributed by atoms with Crippen LogP contribution in [0, 0.1) is 0 Å². The highest BCUT2D eigenvalue weighted by molar-refractivity contribution is 6.31. The van der Waals surface area contributed by atoms with Gasteiger partial charge < -0.3 is 10.2 Å². The zero-order valence-corrected chi connectivity index (χ0v) is 20.1. The van der Waals surface area contributed by atoms with Gasteiger partial charge in [0.2, 0.25) is 11.8 Å². The summed E-state index contributed by atoms with van der Waals surface area (Å²) < 4.78 is 0. The largest absolute Gasteiger partial charge is 0.354 e. The van der Waals surface area contributed by atoms with Crippen molar-refractivity contribution in [2.75, 3.05) is 18.0 Å². The first-order valence-electron chi connectivity index (χ1n) is 11.6. The Morgan fingerprint density at radius 1 is 1.03 bits per heavy atom. The third-order valence-electron chi connectivity index (χ3n) is 6.18. The summed E-state index contributed by atoms with van der Waals surface area (Å²) in [6.07, 6.45) is 1.24. The van der Waals surface area contributed by atoms with E-state index in [0.29, 0.717) is 29.2 Å². The Labute approximate surface area is 204 Å². The van der Waals surface area contributed by atoms with Crippen molar-refractivity contribution in [1.29, 1.82) is 0 Å². The van der Waals surface area contributed by atoms with Crippen LogP contribution in [0.15, 0.2) is 60.7 Å². The van der Waals surface area contributed by atoms with Crippen molar-refractivity contribution in [1.82, 2.24) is 10.2 Å². The van der Waals surface area contributed by atoms with E-state index in [1.54, 1.807) is 17.0 Å². The molecule has 176 valence electrons. The fourth-order valence-corrected chi connectivity index (χ4v) is 4.65. The zero-order chi connectivity index (χ0) is 24.2. The SMILES string of the molecule is CCCNC(=O)[C@H](CC)N(Cc1ccccc1Cl)C(=O)CN1C(=O)c2cccc3cccc1c23. The van der Waals surface area contributed by atoms with E-state index < -0.39 is 6.04 Å². The molecule has 34 heavy (non-hydrogen) atoms. The van der Waals surface area contributed by atoms with Crippen molar-refractivity contribution in [2.24, 2.45) is 0 Å². The van der Waals surface area contributed by atoms with Gasteiger partial charge in [0.25, 0.3) is 5.91 Å². The second-order valence-electron chi connectivity index (χ2n) is 8.40. The first kappa shape index (κ1) is 23.8. The van der Waals surface area contributed by atoms with Crippen LogP contribution in [-0.4, -0.2) is 41.8 Å². The first-order valence-corrected chi connectivity index (χ1v) is 12.0. The summed E-state index contributed by atoms with van der Waals surface area (Å²) in [5, 5.41) is 5.24. The molecule has 3 aromatic rings. The highest BCUT2D eigenvalue weighted by Gasteiger charge is 2.35. The maximum absolute atomic E-state index is 13.7. The lowest BCUT2D eigenvalue weighted by Gasteiger charge is -2.32. The second kappa shape index (κ2) is 10.3. The van der Waals surface area contributed by atoms with Gasteiger partial charge in [0.1, 0.15) is 12.6 Å². The number of hydrogen-bond acceptors (Lipinski definition) is 3. The Kier molecular flexibility index (Phi) is 7.17. The number of halogens is 1. The maximum atomic E-state index is 13.7. The molecule has 1 heterocycles. The number of benzene rings is 3. The molecular weight excluding hydrogens is 450 g/mol. The van der Waals surface area contributed by atoms with Crippen molar-refractivity contribution >= 4 is 45.8 Å². The summed E-state index contributed by atoms with van der Waals surface area (Å²) in [4.78, 5) is 43.0. The Morgan fingerprint density at radius 2 is 1.76 bits per heavy atom. The van der Waals surface area contributed by atoms with Crippen LogP contribution >= 0.6 is 11.6 Å². The minimum absolute atomic E-state index is 0.158. The van der Waals surface area contributed by atoms with Crippen LogP contribution in [0.1, 0.15) is 42.6 Å². The number of amides is 3. The number of rotatable bonds is 9. The molecule has 0 aromatic heterocycles. The van der Waals surface area contributed by atoms with E-state index in [1.165, 1.54) is 4.90 Å². The molecule has 0 fully saturated rings. The van der Waals surface area contributed by atoms with Crippen LogP contribution in [0.2, 0.25) is 5.02 Å². The molecule has 7 heteroatoms. The van der Waals surface area contributed by atoms with Crippen LogP contribution in [0.5, 0.6) is 0 Å². The Hall–Kier alpha value is -3.38. The summed E-state index contributed by atoms with van der Waals surface area (Å²) in [7, 11) is 0. The average molecular weight is 478 g/mol. The molecule has 1 aliphatic rings.